The molecule has 1 aromatic rings. The van der Waals surface area contributed by atoms with Gasteiger partial charge in [-0.1, -0.05) is 11.6 Å². The van der Waals surface area contributed by atoms with Gasteiger partial charge in [0.25, 0.3) is 0 Å². The van der Waals surface area contributed by atoms with Gasteiger partial charge in [0.1, 0.15) is 13.2 Å². The SMILES string of the molecule is O=C(CC1CNCCO1)Nc1cc2c(cc1Cl)OCCO2. The molecule has 114 valence electrons. The Morgan fingerprint density at radius 3 is 2.76 bits per heavy atom. The summed E-state index contributed by atoms with van der Waals surface area (Å²) < 4.78 is 16.4. The molecule has 1 unspecified atom stereocenters. The van der Waals surface area contributed by atoms with E-state index in [9.17, 15) is 4.79 Å². The van der Waals surface area contributed by atoms with E-state index in [4.69, 9.17) is 25.8 Å². The van der Waals surface area contributed by atoms with Crippen LogP contribution in [0.1, 0.15) is 6.42 Å². The summed E-state index contributed by atoms with van der Waals surface area (Å²) in [6, 6.07) is 3.35. The van der Waals surface area contributed by atoms with Crippen molar-refractivity contribution in [2.24, 2.45) is 0 Å². The third-order valence-corrected chi connectivity index (χ3v) is 3.64. The summed E-state index contributed by atoms with van der Waals surface area (Å²) in [6.45, 7) is 3.13. The summed E-state index contributed by atoms with van der Waals surface area (Å²) in [6.07, 6.45) is 0.187. The predicted molar refractivity (Wildman–Crippen MR) is 78.3 cm³/mol. The zero-order chi connectivity index (χ0) is 14.7. The molecule has 0 aliphatic carbocycles. The summed E-state index contributed by atoms with van der Waals surface area (Å²) in [5.41, 5.74) is 0.523. The van der Waals surface area contributed by atoms with E-state index in [1.165, 1.54) is 0 Å². The van der Waals surface area contributed by atoms with Crippen molar-refractivity contribution < 1.29 is 19.0 Å². The van der Waals surface area contributed by atoms with E-state index >= 15 is 0 Å². The van der Waals surface area contributed by atoms with Crippen molar-refractivity contribution in [2.45, 2.75) is 12.5 Å². The minimum atomic E-state index is -0.137. The molecule has 1 fully saturated rings. The molecule has 1 saturated heterocycles. The number of nitrogens with one attached hydrogen (secondary N) is 2. The van der Waals surface area contributed by atoms with E-state index in [1.807, 2.05) is 0 Å². The molecule has 6 nitrogen and oxygen atoms in total. The van der Waals surface area contributed by atoms with E-state index in [1.54, 1.807) is 12.1 Å². The number of rotatable bonds is 3. The van der Waals surface area contributed by atoms with Crippen LogP contribution in [0.25, 0.3) is 0 Å². The highest BCUT2D eigenvalue weighted by molar-refractivity contribution is 6.34. The number of anilines is 1. The van der Waals surface area contributed by atoms with Gasteiger partial charge in [0.2, 0.25) is 5.91 Å². The van der Waals surface area contributed by atoms with Crippen molar-refractivity contribution in [3.8, 4) is 11.5 Å². The van der Waals surface area contributed by atoms with Gasteiger partial charge < -0.3 is 24.8 Å². The third-order valence-electron chi connectivity index (χ3n) is 3.32. The molecule has 0 aromatic heterocycles. The van der Waals surface area contributed by atoms with E-state index in [0.29, 0.717) is 48.6 Å². The lowest BCUT2D eigenvalue weighted by molar-refractivity contribution is -0.119. The van der Waals surface area contributed by atoms with Gasteiger partial charge in [0, 0.05) is 25.2 Å². The van der Waals surface area contributed by atoms with Crippen LogP contribution in [0.5, 0.6) is 11.5 Å². The maximum absolute atomic E-state index is 12.1. The lowest BCUT2D eigenvalue weighted by atomic mass is 10.2. The summed E-state index contributed by atoms with van der Waals surface area (Å²) >= 11 is 6.15. The molecule has 2 N–H and O–H groups in total. The molecule has 2 aliphatic heterocycles. The normalized spacial score (nSPS) is 20.9. The largest absolute Gasteiger partial charge is 0.486 e. The van der Waals surface area contributed by atoms with Gasteiger partial charge in [-0.25, -0.2) is 0 Å². The van der Waals surface area contributed by atoms with Crippen molar-refractivity contribution in [1.82, 2.24) is 5.32 Å². The van der Waals surface area contributed by atoms with E-state index < -0.39 is 0 Å². The number of carbonyl (C=O) groups is 1. The van der Waals surface area contributed by atoms with Crippen LogP contribution >= 0.6 is 11.6 Å². The maximum Gasteiger partial charge on any atom is 0.227 e. The van der Waals surface area contributed by atoms with E-state index in [2.05, 4.69) is 10.6 Å². The zero-order valence-electron chi connectivity index (χ0n) is 11.5. The van der Waals surface area contributed by atoms with Gasteiger partial charge in [0.15, 0.2) is 11.5 Å². The number of ether oxygens (including phenoxy) is 3. The van der Waals surface area contributed by atoms with Gasteiger partial charge in [-0.2, -0.15) is 0 Å². The van der Waals surface area contributed by atoms with Crippen LogP contribution < -0.4 is 20.1 Å². The fraction of sp³-hybridized carbons (Fsp3) is 0.500. The fourth-order valence-electron chi connectivity index (χ4n) is 2.32. The monoisotopic (exact) mass is 312 g/mol. The van der Waals surface area contributed by atoms with Crippen LogP contribution in [0.15, 0.2) is 12.1 Å². The standard InChI is InChI=1S/C14H17ClN2O4/c15-10-6-12-13(21-4-3-20-12)7-11(10)17-14(18)5-9-8-16-1-2-19-9/h6-7,9,16H,1-5,8H2,(H,17,18). The Morgan fingerprint density at radius 2 is 2.05 bits per heavy atom. The van der Waals surface area contributed by atoms with Crippen LogP contribution in [0.4, 0.5) is 5.69 Å². The van der Waals surface area contributed by atoms with Crippen LogP contribution in [0.3, 0.4) is 0 Å². The molecule has 3 rings (SSSR count). The summed E-state index contributed by atoms with van der Waals surface area (Å²) in [5.74, 6) is 1.06. The van der Waals surface area contributed by atoms with E-state index in [-0.39, 0.29) is 18.4 Å². The smallest absolute Gasteiger partial charge is 0.227 e. The minimum absolute atomic E-state index is 0.102. The Labute approximate surface area is 127 Å². The number of benzene rings is 1. The molecule has 2 aliphatic rings. The van der Waals surface area contributed by atoms with Crippen LogP contribution in [-0.2, 0) is 9.53 Å². The van der Waals surface area contributed by atoms with Crippen LogP contribution in [0.2, 0.25) is 5.02 Å². The summed E-state index contributed by atoms with van der Waals surface area (Å²) in [5, 5.41) is 6.41. The molecule has 1 atom stereocenters. The van der Waals surface area contributed by atoms with Gasteiger partial charge in [-0.15, -0.1) is 0 Å². The van der Waals surface area contributed by atoms with Crippen LogP contribution in [0, 0.1) is 0 Å². The number of morpholine rings is 1. The van der Waals surface area contributed by atoms with E-state index in [0.717, 1.165) is 6.54 Å². The predicted octanol–water partition coefficient (Wildman–Crippen LogP) is 1.43. The number of carbonyl (C=O) groups excluding carboxylic acids is 1. The first kappa shape index (κ1) is 14.4. The van der Waals surface area contributed by atoms with Crippen molar-refractivity contribution in [1.29, 1.82) is 0 Å². The number of amides is 1. The number of halogens is 1. The Kier molecular flexibility index (Phi) is 4.48. The molecule has 0 saturated carbocycles. The first-order valence-electron chi connectivity index (χ1n) is 6.93. The Bertz CT molecular complexity index is 532. The van der Waals surface area contributed by atoms with Crippen molar-refractivity contribution >= 4 is 23.2 Å². The molecule has 0 bridgehead atoms. The minimum Gasteiger partial charge on any atom is -0.486 e. The molecule has 0 radical (unpaired) electrons. The Balaban J connectivity index is 1.65. The van der Waals surface area contributed by atoms with Crippen LogP contribution in [-0.4, -0.2) is 44.9 Å². The van der Waals surface area contributed by atoms with Crippen molar-refractivity contribution in [3.05, 3.63) is 17.2 Å². The molecular weight excluding hydrogens is 296 g/mol. The molecule has 2 heterocycles. The number of fused-ring (bicyclic) bond motifs is 1. The molecule has 1 aromatic carbocycles. The summed E-state index contributed by atoms with van der Waals surface area (Å²) in [4.78, 5) is 12.1. The first-order chi connectivity index (χ1) is 10.2. The molecule has 1 amide bonds. The second-order valence-corrected chi connectivity index (χ2v) is 5.33. The van der Waals surface area contributed by atoms with Gasteiger partial charge in [-0.3, -0.25) is 4.79 Å². The Morgan fingerprint density at radius 1 is 1.29 bits per heavy atom. The van der Waals surface area contributed by atoms with Crippen molar-refractivity contribution in [3.63, 3.8) is 0 Å². The lowest BCUT2D eigenvalue weighted by Gasteiger charge is -2.23. The number of hydrogen-bond donors (Lipinski definition) is 2. The highest BCUT2D eigenvalue weighted by Crippen LogP contribution is 2.38. The fourth-order valence-corrected chi connectivity index (χ4v) is 2.52. The summed E-state index contributed by atoms with van der Waals surface area (Å²) in [7, 11) is 0. The highest BCUT2D eigenvalue weighted by Gasteiger charge is 2.20. The Hall–Kier alpha value is -1.50. The zero-order valence-corrected chi connectivity index (χ0v) is 12.2. The maximum atomic E-state index is 12.1. The van der Waals surface area contributed by atoms with Gasteiger partial charge >= 0.3 is 0 Å². The first-order valence-corrected chi connectivity index (χ1v) is 7.31. The highest BCUT2D eigenvalue weighted by atomic mass is 35.5. The second-order valence-electron chi connectivity index (χ2n) is 4.92. The van der Waals surface area contributed by atoms with Gasteiger partial charge in [-0.05, 0) is 0 Å². The second kappa shape index (κ2) is 6.51. The topological polar surface area (TPSA) is 68.8 Å². The molecule has 21 heavy (non-hydrogen) atoms. The quantitative estimate of drug-likeness (QED) is 0.883. The van der Waals surface area contributed by atoms with Gasteiger partial charge in [0.05, 0.1) is 29.8 Å². The average molecular weight is 313 g/mol. The molecule has 0 spiro atoms. The average Bonchev–Trinajstić information content (AvgIpc) is 2.49. The third kappa shape index (κ3) is 3.58. The molecular formula is C14H17ClN2O4. The molecule has 7 heteroatoms. The van der Waals surface area contributed by atoms with Crippen molar-refractivity contribution in [2.75, 3.05) is 38.2 Å². The number of hydrogen-bond acceptors (Lipinski definition) is 5. The lowest BCUT2D eigenvalue weighted by Crippen LogP contribution is -2.40.